The van der Waals surface area contributed by atoms with Crippen LogP contribution in [0.3, 0.4) is 0 Å². The molecule has 0 saturated heterocycles. The van der Waals surface area contributed by atoms with E-state index < -0.39 is 6.09 Å². The minimum Gasteiger partial charge on any atom is -0.462 e. The SMILES string of the molecule is CCC(C)(C)N=NC(=O)O. The Balaban J connectivity index is 3.99. The van der Waals surface area contributed by atoms with Crippen LogP contribution in [-0.4, -0.2) is 16.7 Å². The normalized spacial score (nSPS) is 12.3. The largest absolute Gasteiger partial charge is 0.462 e. The van der Waals surface area contributed by atoms with Crippen LogP contribution < -0.4 is 0 Å². The maximum atomic E-state index is 9.90. The van der Waals surface area contributed by atoms with E-state index in [2.05, 4.69) is 10.2 Å². The van der Waals surface area contributed by atoms with E-state index in [0.29, 0.717) is 0 Å². The van der Waals surface area contributed by atoms with E-state index in [1.807, 2.05) is 20.8 Å². The lowest BCUT2D eigenvalue weighted by atomic mass is 10.0. The molecule has 0 radical (unpaired) electrons. The molecular weight excluding hydrogens is 132 g/mol. The third-order valence-electron chi connectivity index (χ3n) is 1.27. The van der Waals surface area contributed by atoms with Gasteiger partial charge >= 0.3 is 6.09 Å². The second-order valence-corrected chi connectivity index (χ2v) is 2.65. The van der Waals surface area contributed by atoms with E-state index in [4.69, 9.17) is 5.11 Å². The standard InChI is InChI=1S/C6H12N2O2/c1-4-6(2,3)8-7-5(9)10/h4H2,1-3H3,(H,9,10). The molecular formula is C6H12N2O2. The van der Waals surface area contributed by atoms with Crippen molar-refractivity contribution in [2.45, 2.75) is 32.7 Å². The van der Waals surface area contributed by atoms with Crippen molar-refractivity contribution in [1.29, 1.82) is 0 Å². The molecule has 0 heterocycles. The van der Waals surface area contributed by atoms with Gasteiger partial charge in [0, 0.05) is 0 Å². The molecule has 0 bridgehead atoms. The van der Waals surface area contributed by atoms with Crippen molar-refractivity contribution in [2.24, 2.45) is 10.2 Å². The summed E-state index contributed by atoms with van der Waals surface area (Å²) in [5, 5.41) is 14.7. The van der Waals surface area contributed by atoms with Crippen LogP contribution in [0.15, 0.2) is 10.2 Å². The molecule has 0 aromatic heterocycles. The summed E-state index contributed by atoms with van der Waals surface area (Å²) in [7, 11) is 0. The minimum absolute atomic E-state index is 0.349. The lowest BCUT2D eigenvalue weighted by Gasteiger charge is -2.12. The Labute approximate surface area is 60.0 Å². The van der Waals surface area contributed by atoms with Gasteiger partial charge in [-0.05, 0) is 20.3 Å². The summed E-state index contributed by atoms with van der Waals surface area (Å²) in [6, 6.07) is 0. The van der Waals surface area contributed by atoms with Crippen LogP contribution in [-0.2, 0) is 0 Å². The van der Waals surface area contributed by atoms with E-state index in [-0.39, 0.29) is 5.54 Å². The highest BCUT2D eigenvalue weighted by atomic mass is 16.4. The maximum absolute atomic E-state index is 9.90. The Morgan fingerprint density at radius 2 is 2.10 bits per heavy atom. The summed E-state index contributed by atoms with van der Waals surface area (Å²) >= 11 is 0. The smallest absolute Gasteiger partial charge is 0.449 e. The van der Waals surface area contributed by atoms with Gasteiger partial charge in [0.05, 0.1) is 5.54 Å². The molecule has 4 heteroatoms. The first kappa shape index (κ1) is 9.07. The van der Waals surface area contributed by atoms with Gasteiger partial charge in [-0.3, -0.25) is 0 Å². The van der Waals surface area contributed by atoms with Gasteiger partial charge < -0.3 is 5.11 Å². The molecule has 0 atom stereocenters. The second-order valence-electron chi connectivity index (χ2n) is 2.65. The van der Waals surface area contributed by atoms with E-state index in [9.17, 15) is 4.79 Å². The zero-order valence-electron chi connectivity index (χ0n) is 6.46. The van der Waals surface area contributed by atoms with Crippen molar-refractivity contribution in [1.82, 2.24) is 0 Å². The van der Waals surface area contributed by atoms with Crippen LogP contribution >= 0.6 is 0 Å². The first-order valence-electron chi connectivity index (χ1n) is 3.14. The Hall–Kier alpha value is -0.930. The first-order chi connectivity index (χ1) is 4.48. The van der Waals surface area contributed by atoms with Gasteiger partial charge in [0.25, 0.3) is 0 Å². The van der Waals surface area contributed by atoms with Gasteiger partial charge in [-0.25, -0.2) is 4.79 Å². The van der Waals surface area contributed by atoms with Crippen LogP contribution in [0, 0.1) is 0 Å². The topological polar surface area (TPSA) is 62.0 Å². The van der Waals surface area contributed by atoms with Gasteiger partial charge in [0.2, 0.25) is 0 Å². The van der Waals surface area contributed by atoms with Crippen molar-refractivity contribution in [3.8, 4) is 0 Å². The van der Waals surface area contributed by atoms with Crippen LogP contribution in [0.4, 0.5) is 4.79 Å². The summed E-state index contributed by atoms with van der Waals surface area (Å²) in [6.07, 6.45) is -0.453. The predicted molar refractivity (Wildman–Crippen MR) is 37.3 cm³/mol. The lowest BCUT2D eigenvalue weighted by molar-refractivity contribution is 0.202. The number of amides is 1. The lowest BCUT2D eigenvalue weighted by Crippen LogP contribution is -2.13. The zero-order chi connectivity index (χ0) is 8.20. The maximum Gasteiger partial charge on any atom is 0.449 e. The number of azo groups is 1. The van der Waals surface area contributed by atoms with Crippen LogP contribution in [0.1, 0.15) is 27.2 Å². The fraction of sp³-hybridized carbons (Fsp3) is 0.833. The highest BCUT2D eigenvalue weighted by Gasteiger charge is 2.12. The van der Waals surface area contributed by atoms with Gasteiger partial charge in [0.1, 0.15) is 0 Å². The monoisotopic (exact) mass is 144 g/mol. The van der Waals surface area contributed by atoms with Crippen molar-refractivity contribution >= 4 is 6.09 Å². The van der Waals surface area contributed by atoms with Gasteiger partial charge in [0.15, 0.2) is 0 Å². The summed E-state index contributed by atoms with van der Waals surface area (Å²) in [5.74, 6) is 0. The number of hydrogen-bond acceptors (Lipinski definition) is 2. The summed E-state index contributed by atoms with van der Waals surface area (Å²) in [5.41, 5.74) is -0.349. The molecule has 58 valence electrons. The Kier molecular flexibility index (Phi) is 2.99. The molecule has 0 fully saturated rings. The van der Waals surface area contributed by atoms with Crippen LogP contribution in [0.2, 0.25) is 0 Å². The van der Waals surface area contributed by atoms with Gasteiger partial charge in [-0.2, -0.15) is 5.11 Å². The molecule has 0 unspecified atom stereocenters. The molecule has 0 rings (SSSR count). The van der Waals surface area contributed by atoms with E-state index >= 15 is 0 Å². The molecule has 1 N–H and O–H groups in total. The Morgan fingerprint density at radius 3 is 2.40 bits per heavy atom. The number of hydrogen-bond donors (Lipinski definition) is 1. The third-order valence-corrected chi connectivity index (χ3v) is 1.27. The summed E-state index contributed by atoms with van der Waals surface area (Å²) in [6.45, 7) is 5.60. The Bertz CT molecular complexity index is 152. The summed E-state index contributed by atoms with van der Waals surface area (Å²) in [4.78, 5) is 9.90. The predicted octanol–water partition coefficient (Wildman–Crippen LogP) is 2.31. The third kappa shape index (κ3) is 4.00. The van der Waals surface area contributed by atoms with E-state index in [1.165, 1.54) is 0 Å². The van der Waals surface area contributed by atoms with Crippen LogP contribution in [0.5, 0.6) is 0 Å². The number of carbonyl (C=O) groups is 1. The number of rotatable bonds is 2. The molecule has 0 aliphatic rings. The van der Waals surface area contributed by atoms with Crippen molar-refractivity contribution in [3.05, 3.63) is 0 Å². The molecule has 0 aromatic rings. The number of carboxylic acid groups (broad SMARTS) is 1. The minimum atomic E-state index is -1.23. The molecule has 0 spiro atoms. The average molecular weight is 144 g/mol. The Morgan fingerprint density at radius 1 is 1.60 bits per heavy atom. The fourth-order valence-electron chi connectivity index (χ4n) is 0.249. The van der Waals surface area contributed by atoms with Crippen molar-refractivity contribution in [3.63, 3.8) is 0 Å². The van der Waals surface area contributed by atoms with Crippen molar-refractivity contribution < 1.29 is 9.90 Å². The van der Waals surface area contributed by atoms with Crippen molar-refractivity contribution in [2.75, 3.05) is 0 Å². The highest BCUT2D eigenvalue weighted by molar-refractivity contribution is 5.64. The molecule has 10 heavy (non-hydrogen) atoms. The fourth-order valence-corrected chi connectivity index (χ4v) is 0.249. The average Bonchev–Trinajstić information content (AvgIpc) is 1.85. The first-order valence-corrected chi connectivity index (χ1v) is 3.14. The van der Waals surface area contributed by atoms with E-state index in [0.717, 1.165) is 6.42 Å². The second kappa shape index (κ2) is 3.29. The molecule has 0 aliphatic heterocycles. The van der Waals surface area contributed by atoms with Gasteiger partial charge in [-0.15, -0.1) is 0 Å². The molecule has 0 aromatic carbocycles. The summed E-state index contributed by atoms with van der Waals surface area (Å²) < 4.78 is 0. The molecule has 0 aliphatic carbocycles. The molecule has 0 saturated carbocycles. The highest BCUT2D eigenvalue weighted by Crippen LogP contribution is 2.13. The van der Waals surface area contributed by atoms with Crippen LogP contribution in [0.25, 0.3) is 0 Å². The molecule has 4 nitrogen and oxygen atoms in total. The van der Waals surface area contributed by atoms with E-state index in [1.54, 1.807) is 0 Å². The quantitative estimate of drug-likeness (QED) is 0.604. The zero-order valence-corrected chi connectivity index (χ0v) is 6.46. The molecule has 1 amide bonds. The van der Waals surface area contributed by atoms with Gasteiger partial charge in [-0.1, -0.05) is 12.0 Å². The number of nitrogens with zero attached hydrogens (tertiary/aromatic N) is 2.